The van der Waals surface area contributed by atoms with Gasteiger partial charge in [-0.2, -0.15) is 0 Å². The van der Waals surface area contributed by atoms with Crippen LogP contribution in [0.5, 0.6) is 5.75 Å². The first-order valence-electron chi connectivity index (χ1n) is 7.43. The minimum Gasteiger partial charge on any atom is -0.466 e. The van der Waals surface area contributed by atoms with E-state index in [1.807, 2.05) is 30.3 Å². The van der Waals surface area contributed by atoms with Crippen LogP contribution in [-0.4, -0.2) is 21.7 Å². The van der Waals surface area contributed by atoms with E-state index >= 15 is 0 Å². The first kappa shape index (κ1) is 19.6. The molecular formula is C18H16Cl3NO3. The largest absolute Gasteiger partial charge is 0.466 e. The molecule has 7 heteroatoms. The molecule has 0 bridgehead atoms. The summed E-state index contributed by atoms with van der Waals surface area (Å²) in [4.78, 5) is 23.5. The van der Waals surface area contributed by atoms with E-state index in [0.717, 1.165) is 5.56 Å². The third-order valence-electron chi connectivity index (χ3n) is 3.31. The van der Waals surface area contributed by atoms with Crippen molar-refractivity contribution < 1.29 is 14.3 Å². The summed E-state index contributed by atoms with van der Waals surface area (Å²) in [6.07, 6.45) is -1.05. The molecule has 2 aromatic carbocycles. The zero-order valence-electron chi connectivity index (χ0n) is 13.3. The van der Waals surface area contributed by atoms with Crippen molar-refractivity contribution in [3.8, 4) is 5.75 Å². The van der Waals surface area contributed by atoms with Gasteiger partial charge in [0.05, 0.1) is 6.42 Å². The maximum atomic E-state index is 12.2. The maximum absolute atomic E-state index is 12.2. The van der Waals surface area contributed by atoms with Crippen LogP contribution >= 0.6 is 34.8 Å². The van der Waals surface area contributed by atoms with Gasteiger partial charge in [-0.1, -0.05) is 65.1 Å². The van der Waals surface area contributed by atoms with E-state index < -0.39 is 10.0 Å². The van der Waals surface area contributed by atoms with Gasteiger partial charge in [0.2, 0.25) is 15.9 Å². The highest BCUT2D eigenvalue weighted by molar-refractivity contribution is 6.68. The summed E-state index contributed by atoms with van der Waals surface area (Å²) in [5.74, 6) is -0.0511. The summed E-state index contributed by atoms with van der Waals surface area (Å²) >= 11 is 17.7. The number of ketones is 1. The van der Waals surface area contributed by atoms with Crippen LogP contribution in [0.1, 0.15) is 22.8 Å². The zero-order chi connectivity index (χ0) is 18.4. The van der Waals surface area contributed by atoms with E-state index in [2.05, 4.69) is 5.32 Å². The average molecular weight is 401 g/mol. The second-order valence-corrected chi connectivity index (χ2v) is 7.72. The highest BCUT2D eigenvalue weighted by atomic mass is 35.6. The van der Waals surface area contributed by atoms with Crippen LogP contribution in [0.4, 0.5) is 0 Å². The zero-order valence-corrected chi connectivity index (χ0v) is 15.6. The third-order valence-corrected chi connectivity index (χ3v) is 3.91. The van der Waals surface area contributed by atoms with Gasteiger partial charge in [0, 0.05) is 5.56 Å². The molecule has 0 aliphatic rings. The Morgan fingerprint density at radius 2 is 1.64 bits per heavy atom. The third kappa shape index (κ3) is 6.24. The molecule has 0 heterocycles. The molecule has 25 heavy (non-hydrogen) atoms. The predicted molar refractivity (Wildman–Crippen MR) is 99.4 cm³/mol. The number of halogens is 3. The van der Waals surface area contributed by atoms with Crippen molar-refractivity contribution in [2.24, 2.45) is 0 Å². The molecule has 0 saturated carbocycles. The van der Waals surface area contributed by atoms with Gasteiger partial charge in [0.15, 0.2) is 5.78 Å². The first-order valence-corrected chi connectivity index (χ1v) is 8.57. The van der Waals surface area contributed by atoms with Crippen LogP contribution in [-0.2, 0) is 11.2 Å². The van der Waals surface area contributed by atoms with Gasteiger partial charge in [-0.05, 0) is 36.8 Å². The van der Waals surface area contributed by atoms with Crippen LogP contribution in [0.25, 0.3) is 0 Å². The van der Waals surface area contributed by atoms with Crippen molar-refractivity contribution >= 4 is 46.5 Å². The first-order chi connectivity index (χ1) is 11.8. The molecule has 132 valence electrons. The Bertz CT molecular complexity index is 727. The van der Waals surface area contributed by atoms with Crippen molar-refractivity contribution in [2.45, 2.75) is 23.4 Å². The Morgan fingerprint density at radius 1 is 1.04 bits per heavy atom. The number of alkyl halides is 3. The van der Waals surface area contributed by atoms with E-state index in [0.29, 0.717) is 11.3 Å². The van der Waals surface area contributed by atoms with Crippen LogP contribution in [0.3, 0.4) is 0 Å². The molecule has 0 fully saturated rings. The van der Waals surface area contributed by atoms with Crippen LogP contribution < -0.4 is 10.1 Å². The van der Waals surface area contributed by atoms with Gasteiger partial charge in [-0.25, -0.2) is 0 Å². The van der Waals surface area contributed by atoms with Crippen molar-refractivity contribution in [1.29, 1.82) is 0 Å². The molecule has 2 aromatic rings. The summed E-state index contributed by atoms with van der Waals surface area (Å²) in [5, 5.41) is 2.57. The molecule has 0 aliphatic heterocycles. The normalized spacial score (nSPS) is 12.3. The fourth-order valence-electron chi connectivity index (χ4n) is 2.06. The summed E-state index contributed by atoms with van der Waals surface area (Å²) in [5.41, 5.74) is 1.36. The second kappa shape index (κ2) is 8.56. The molecule has 4 nitrogen and oxygen atoms in total. The number of hydrogen-bond acceptors (Lipinski definition) is 3. The summed E-state index contributed by atoms with van der Waals surface area (Å²) in [6, 6.07) is 15.5. The molecule has 0 radical (unpaired) electrons. The maximum Gasteiger partial charge on any atom is 0.246 e. The lowest BCUT2D eigenvalue weighted by molar-refractivity contribution is -0.122. The summed E-state index contributed by atoms with van der Waals surface area (Å²) in [7, 11) is 0. The van der Waals surface area contributed by atoms with E-state index in [-0.39, 0.29) is 18.1 Å². The lowest BCUT2D eigenvalue weighted by Crippen LogP contribution is -2.48. The number of rotatable bonds is 6. The Kier molecular flexibility index (Phi) is 6.71. The van der Waals surface area contributed by atoms with E-state index in [1.165, 1.54) is 6.92 Å². The van der Waals surface area contributed by atoms with Gasteiger partial charge in [0.1, 0.15) is 5.75 Å². The van der Waals surface area contributed by atoms with E-state index in [9.17, 15) is 9.59 Å². The fraction of sp³-hybridized carbons (Fsp3) is 0.222. The van der Waals surface area contributed by atoms with Gasteiger partial charge >= 0.3 is 0 Å². The molecule has 2 rings (SSSR count). The monoisotopic (exact) mass is 399 g/mol. The minimum atomic E-state index is -1.87. The predicted octanol–water partition coefficient (Wildman–Crippen LogP) is 4.32. The van der Waals surface area contributed by atoms with Gasteiger partial charge < -0.3 is 10.1 Å². The second-order valence-electron chi connectivity index (χ2n) is 5.35. The number of carbonyl (C=O) groups is 2. The van der Waals surface area contributed by atoms with Gasteiger partial charge in [-0.3, -0.25) is 9.59 Å². The number of amides is 1. The number of ether oxygens (including phenoxy) is 1. The van der Waals surface area contributed by atoms with Crippen molar-refractivity contribution in [2.75, 3.05) is 0 Å². The quantitative estimate of drug-likeness (QED) is 0.446. The molecule has 0 aliphatic carbocycles. The highest BCUT2D eigenvalue weighted by Crippen LogP contribution is 2.32. The molecule has 0 spiro atoms. The minimum absolute atomic E-state index is 0.0689. The SMILES string of the molecule is CC(=O)c1ccc(O[C@@H](NC(=O)Cc2ccccc2)C(Cl)(Cl)Cl)cc1. The lowest BCUT2D eigenvalue weighted by Gasteiger charge is -2.26. The molecule has 0 saturated heterocycles. The van der Waals surface area contributed by atoms with Crippen LogP contribution in [0.15, 0.2) is 54.6 Å². The molecule has 1 atom stereocenters. The number of Topliss-reactive ketones (excluding diaryl/α,β-unsaturated/α-hetero) is 1. The Morgan fingerprint density at radius 3 is 2.16 bits per heavy atom. The van der Waals surface area contributed by atoms with Crippen LogP contribution in [0.2, 0.25) is 0 Å². The summed E-state index contributed by atoms with van der Waals surface area (Å²) in [6.45, 7) is 1.46. The van der Waals surface area contributed by atoms with Gasteiger partial charge in [-0.15, -0.1) is 0 Å². The molecular weight excluding hydrogens is 385 g/mol. The van der Waals surface area contributed by atoms with E-state index in [4.69, 9.17) is 39.5 Å². The number of benzene rings is 2. The number of hydrogen-bond donors (Lipinski definition) is 1. The molecule has 1 N–H and O–H groups in total. The lowest BCUT2D eigenvalue weighted by atomic mass is 10.1. The Labute approximate surface area is 161 Å². The molecule has 1 amide bonds. The van der Waals surface area contributed by atoms with E-state index in [1.54, 1.807) is 24.3 Å². The standard InChI is InChI=1S/C18H16Cl3NO3/c1-12(23)14-7-9-15(10-8-14)25-17(18(19,20)21)22-16(24)11-13-5-3-2-4-6-13/h2-10,17H,11H2,1H3,(H,22,24)/t17-/m1/s1. The summed E-state index contributed by atoms with van der Waals surface area (Å²) < 4.78 is 3.71. The molecule has 0 unspecified atom stereocenters. The number of nitrogens with one attached hydrogen (secondary N) is 1. The average Bonchev–Trinajstić information content (AvgIpc) is 2.54. The topological polar surface area (TPSA) is 55.4 Å². The van der Waals surface area contributed by atoms with Crippen molar-refractivity contribution in [3.05, 3.63) is 65.7 Å². The Hall–Kier alpha value is -1.75. The smallest absolute Gasteiger partial charge is 0.246 e. The van der Waals surface area contributed by atoms with Crippen molar-refractivity contribution in [3.63, 3.8) is 0 Å². The van der Waals surface area contributed by atoms with Crippen LogP contribution in [0, 0.1) is 0 Å². The fourth-order valence-corrected chi connectivity index (χ4v) is 2.36. The van der Waals surface area contributed by atoms with Crippen molar-refractivity contribution in [1.82, 2.24) is 5.32 Å². The molecule has 0 aromatic heterocycles. The highest BCUT2D eigenvalue weighted by Gasteiger charge is 2.36. The number of carbonyl (C=O) groups excluding carboxylic acids is 2. The van der Waals surface area contributed by atoms with Gasteiger partial charge in [0.25, 0.3) is 0 Å². The Balaban J connectivity index is 2.06.